The largest absolute Gasteiger partial charge is 0.478 e. The number of nitrogens with two attached hydrogens (primary N) is 1. The van der Waals surface area contributed by atoms with E-state index in [1.807, 2.05) is 30.3 Å². The molecule has 0 amide bonds. The maximum atomic E-state index is 5.48. The minimum atomic E-state index is 0.267. The van der Waals surface area contributed by atoms with E-state index >= 15 is 0 Å². The van der Waals surface area contributed by atoms with Gasteiger partial charge in [-0.25, -0.2) is 0 Å². The molecule has 0 saturated carbocycles. The highest BCUT2D eigenvalue weighted by Gasteiger charge is 2.14. The van der Waals surface area contributed by atoms with Crippen LogP contribution in [0, 0.1) is 0 Å². The van der Waals surface area contributed by atoms with Crippen LogP contribution in [-0.4, -0.2) is 12.1 Å². The Bertz CT molecular complexity index is 437. The smallest absolute Gasteiger partial charge is 0.261 e. The first-order valence-corrected chi connectivity index (χ1v) is 4.64. The van der Waals surface area contributed by atoms with Crippen LogP contribution in [0.15, 0.2) is 34.7 Å². The van der Waals surface area contributed by atoms with E-state index in [2.05, 4.69) is 4.98 Å². The average Bonchev–Trinajstić information content (AvgIpc) is 2.73. The molecule has 15 heavy (non-hydrogen) atoms. The second-order valence-electron chi connectivity index (χ2n) is 3.02. The monoisotopic (exact) mass is 204 g/mol. The number of methoxy groups -OCH3 is 1. The highest BCUT2D eigenvalue weighted by Crippen LogP contribution is 2.29. The molecule has 1 aromatic carbocycles. The predicted octanol–water partition coefficient (Wildman–Crippen LogP) is 1.81. The van der Waals surface area contributed by atoms with Crippen molar-refractivity contribution in [3.63, 3.8) is 0 Å². The van der Waals surface area contributed by atoms with Gasteiger partial charge >= 0.3 is 0 Å². The number of hydrogen-bond donors (Lipinski definition) is 1. The number of ether oxygens (including phenoxy) is 1. The van der Waals surface area contributed by atoms with Crippen LogP contribution in [0.3, 0.4) is 0 Å². The molecule has 4 heteroatoms. The first kappa shape index (κ1) is 9.73. The van der Waals surface area contributed by atoms with Crippen molar-refractivity contribution in [3.05, 3.63) is 36.2 Å². The predicted molar refractivity (Wildman–Crippen MR) is 56.4 cm³/mol. The zero-order valence-electron chi connectivity index (χ0n) is 8.43. The molecule has 78 valence electrons. The van der Waals surface area contributed by atoms with Crippen molar-refractivity contribution in [2.24, 2.45) is 5.73 Å². The van der Waals surface area contributed by atoms with Crippen LogP contribution in [-0.2, 0) is 6.54 Å². The van der Waals surface area contributed by atoms with Crippen molar-refractivity contribution < 1.29 is 9.15 Å². The van der Waals surface area contributed by atoms with Crippen molar-refractivity contribution in [3.8, 4) is 17.2 Å². The van der Waals surface area contributed by atoms with E-state index in [0.717, 1.165) is 5.56 Å². The zero-order chi connectivity index (χ0) is 10.7. The van der Waals surface area contributed by atoms with Crippen molar-refractivity contribution in [2.75, 3.05) is 7.11 Å². The van der Waals surface area contributed by atoms with E-state index < -0.39 is 0 Å². The third kappa shape index (κ3) is 1.85. The summed E-state index contributed by atoms with van der Waals surface area (Å²) in [6.07, 6.45) is 0. The van der Waals surface area contributed by atoms with Gasteiger partial charge in [0.1, 0.15) is 0 Å². The Morgan fingerprint density at radius 1 is 1.33 bits per heavy atom. The van der Waals surface area contributed by atoms with Gasteiger partial charge in [0.25, 0.3) is 5.88 Å². The Morgan fingerprint density at radius 3 is 2.67 bits per heavy atom. The van der Waals surface area contributed by atoms with E-state index in [-0.39, 0.29) is 6.54 Å². The lowest BCUT2D eigenvalue weighted by molar-refractivity contribution is 0.398. The van der Waals surface area contributed by atoms with Crippen LogP contribution in [0.2, 0.25) is 0 Å². The molecule has 2 rings (SSSR count). The molecule has 0 atom stereocenters. The van der Waals surface area contributed by atoms with Crippen LogP contribution in [0.25, 0.3) is 11.3 Å². The summed E-state index contributed by atoms with van der Waals surface area (Å²) < 4.78 is 10.6. The fourth-order valence-electron chi connectivity index (χ4n) is 1.35. The van der Waals surface area contributed by atoms with E-state index in [1.54, 1.807) is 7.11 Å². The van der Waals surface area contributed by atoms with Gasteiger partial charge in [0.2, 0.25) is 5.89 Å². The summed E-state index contributed by atoms with van der Waals surface area (Å²) in [4.78, 5) is 4.11. The highest BCUT2D eigenvalue weighted by molar-refractivity contribution is 5.62. The molecule has 0 saturated heterocycles. The minimum Gasteiger partial charge on any atom is -0.478 e. The molecule has 0 radical (unpaired) electrons. The van der Waals surface area contributed by atoms with Crippen LogP contribution in [0.5, 0.6) is 5.88 Å². The van der Waals surface area contributed by atoms with Gasteiger partial charge in [-0.05, 0) is 0 Å². The van der Waals surface area contributed by atoms with Gasteiger partial charge in [0.15, 0.2) is 5.76 Å². The summed E-state index contributed by atoms with van der Waals surface area (Å²) in [5.74, 6) is 1.57. The van der Waals surface area contributed by atoms with Crippen LogP contribution < -0.4 is 10.5 Å². The molecular weight excluding hydrogens is 192 g/mol. The quantitative estimate of drug-likeness (QED) is 0.828. The minimum absolute atomic E-state index is 0.267. The number of rotatable bonds is 3. The van der Waals surface area contributed by atoms with Crippen molar-refractivity contribution in [2.45, 2.75) is 6.54 Å². The molecular formula is C11H12N2O2. The van der Waals surface area contributed by atoms with Gasteiger partial charge in [-0.3, -0.25) is 0 Å². The summed E-state index contributed by atoms with van der Waals surface area (Å²) in [5.41, 5.74) is 6.39. The Kier molecular flexibility index (Phi) is 2.69. The summed E-state index contributed by atoms with van der Waals surface area (Å²) >= 11 is 0. The number of benzene rings is 1. The normalized spacial score (nSPS) is 10.3. The Morgan fingerprint density at radius 2 is 2.07 bits per heavy atom. The van der Waals surface area contributed by atoms with Crippen molar-refractivity contribution in [1.82, 2.24) is 4.98 Å². The van der Waals surface area contributed by atoms with Gasteiger partial charge in [-0.1, -0.05) is 30.3 Å². The SMILES string of the molecule is COc1nc(CN)oc1-c1ccccc1. The lowest BCUT2D eigenvalue weighted by Crippen LogP contribution is -1.95. The second-order valence-corrected chi connectivity index (χ2v) is 3.02. The maximum Gasteiger partial charge on any atom is 0.261 e. The lowest BCUT2D eigenvalue weighted by Gasteiger charge is -1.98. The Labute approximate surface area is 87.7 Å². The van der Waals surface area contributed by atoms with Crippen molar-refractivity contribution >= 4 is 0 Å². The summed E-state index contributed by atoms with van der Waals surface area (Å²) in [6, 6.07) is 9.67. The first-order valence-electron chi connectivity index (χ1n) is 4.64. The van der Waals surface area contributed by atoms with E-state index in [9.17, 15) is 0 Å². The molecule has 0 spiro atoms. The third-order valence-corrected chi connectivity index (χ3v) is 2.04. The highest BCUT2D eigenvalue weighted by atomic mass is 16.5. The van der Waals surface area contributed by atoms with Gasteiger partial charge in [-0.15, -0.1) is 0 Å². The zero-order valence-corrected chi connectivity index (χ0v) is 8.43. The maximum absolute atomic E-state index is 5.48. The summed E-state index contributed by atoms with van der Waals surface area (Å²) in [5, 5.41) is 0. The Hall–Kier alpha value is -1.81. The van der Waals surface area contributed by atoms with Gasteiger partial charge in [0.05, 0.1) is 13.7 Å². The van der Waals surface area contributed by atoms with E-state index in [1.165, 1.54) is 0 Å². The Balaban J connectivity index is 2.47. The molecule has 4 nitrogen and oxygen atoms in total. The van der Waals surface area contributed by atoms with Crippen LogP contribution in [0.4, 0.5) is 0 Å². The summed E-state index contributed by atoms with van der Waals surface area (Å²) in [6.45, 7) is 0.267. The number of hydrogen-bond acceptors (Lipinski definition) is 4. The molecule has 1 heterocycles. The van der Waals surface area contributed by atoms with E-state index in [4.69, 9.17) is 14.9 Å². The van der Waals surface area contributed by atoms with Crippen LogP contribution in [0.1, 0.15) is 5.89 Å². The fourth-order valence-corrected chi connectivity index (χ4v) is 1.35. The standard InChI is InChI=1S/C11H12N2O2/c1-14-11-10(15-9(7-12)13-11)8-5-3-2-4-6-8/h2-6H,7,12H2,1H3. The first-order chi connectivity index (χ1) is 7.35. The molecule has 0 aliphatic rings. The van der Waals surface area contributed by atoms with E-state index in [0.29, 0.717) is 17.5 Å². The molecule has 2 aromatic rings. The number of oxazole rings is 1. The number of aromatic nitrogens is 1. The number of nitrogens with zero attached hydrogens (tertiary/aromatic N) is 1. The molecule has 0 aliphatic heterocycles. The van der Waals surface area contributed by atoms with Gasteiger partial charge in [0, 0.05) is 5.56 Å². The van der Waals surface area contributed by atoms with Gasteiger partial charge < -0.3 is 14.9 Å². The summed E-state index contributed by atoms with van der Waals surface area (Å²) in [7, 11) is 1.56. The van der Waals surface area contributed by atoms with Gasteiger partial charge in [-0.2, -0.15) is 4.98 Å². The topological polar surface area (TPSA) is 61.3 Å². The molecule has 0 fully saturated rings. The molecule has 2 N–H and O–H groups in total. The fraction of sp³-hybridized carbons (Fsp3) is 0.182. The lowest BCUT2D eigenvalue weighted by atomic mass is 10.2. The second kappa shape index (κ2) is 4.14. The van der Waals surface area contributed by atoms with Crippen LogP contribution >= 0.6 is 0 Å². The molecule has 0 aliphatic carbocycles. The molecule has 1 aromatic heterocycles. The third-order valence-electron chi connectivity index (χ3n) is 2.04. The molecule has 0 bridgehead atoms. The average molecular weight is 204 g/mol. The van der Waals surface area contributed by atoms with Crippen molar-refractivity contribution in [1.29, 1.82) is 0 Å². The molecule has 0 unspecified atom stereocenters.